The summed E-state index contributed by atoms with van der Waals surface area (Å²) in [6, 6.07) is 9.19. The Morgan fingerprint density at radius 1 is 1.31 bits per heavy atom. The molecule has 3 aliphatic rings. The molecule has 7 heteroatoms. The largest absolute Gasteiger partial charge is 0.397 e. The highest BCUT2D eigenvalue weighted by molar-refractivity contribution is 7.21. The molecular weight excluding hydrogens is 368 g/mol. The van der Waals surface area contributed by atoms with Gasteiger partial charge in [-0.05, 0) is 37.1 Å². The van der Waals surface area contributed by atoms with Crippen molar-refractivity contribution in [1.82, 2.24) is 4.98 Å². The van der Waals surface area contributed by atoms with E-state index in [2.05, 4.69) is 16.3 Å². The minimum atomic E-state index is -0.228. The second-order valence-electron chi connectivity index (χ2n) is 6.82. The van der Waals surface area contributed by atoms with Crippen molar-refractivity contribution in [3.8, 4) is 0 Å². The first-order valence-electron chi connectivity index (χ1n) is 8.65. The number of rotatable bonds is 2. The normalized spacial score (nSPS) is 16.1. The molecule has 2 bridgehead atoms. The lowest BCUT2D eigenvalue weighted by molar-refractivity contribution is 0.103. The molecule has 6 rings (SSSR count). The Morgan fingerprint density at radius 3 is 2.88 bits per heavy atom. The summed E-state index contributed by atoms with van der Waals surface area (Å²) >= 11 is 7.34. The molecular formula is C19H17ClN4OS. The van der Waals surface area contributed by atoms with Crippen molar-refractivity contribution in [2.45, 2.75) is 18.8 Å². The number of nitrogen functional groups attached to an aromatic ring is 1. The lowest BCUT2D eigenvalue weighted by Crippen LogP contribution is -2.39. The molecule has 1 amide bonds. The molecule has 26 heavy (non-hydrogen) atoms. The van der Waals surface area contributed by atoms with Crippen LogP contribution in [0.25, 0.3) is 10.2 Å². The standard InChI is InChI=1S/C19H17ClN4OS/c20-11-2-1-3-12(8-11)22-18(25)17-15(21)13-9-14-16(23-19(13)26-17)10-4-6-24(14)7-5-10/h1-3,8-10H,4-7,21H2,(H,22,25). The third kappa shape index (κ3) is 2.44. The average Bonchev–Trinajstić information content (AvgIpc) is 2.98. The number of anilines is 3. The van der Waals surface area contributed by atoms with Gasteiger partial charge in [0.25, 0.3) is 5.91 Å². The number of nitrogens with two attached hydrogens (primary N) is 1. The summed E-state index contributed by atoms with van der Waals surface area (Å²) in [4.78, 5) is 21.3. The molecule has 0 unspecified atom stereocenters. The third-order valence-corrected chi connectivity index (χ3v) is 6.59. The van der Waals surface area contributed by atoms with Crippen molar-refractivity contribution in [3.05, 3.63) is 45.9 Å². The van der Waals surface area contributed by atoms with Crippen LogP contribution in [0.2, 0.25) is 5.02 Å². The monoisotopic (exact) mass is 384 g/mol. The van der Waals surface area contributed by atoms with Crippen LogP contribution in [0.1, 0.15) is 34.1 Å². The van der Waals surface area contributed by atoms with Gasteiger partial charge in [-0.25, -0.2) is 4.98 Å². The van der Waals surface area contributed by atoms with E-state index in [0.717, 1.165) is 41.8 Å². The molecule has 5 heterocycles. The number of piperidine rings is 1. The van der Waals surface area contributed by atoms with Crippen molar-refractivity contribution in [2.24, 2.45) is 0 Å². The van der Waals surface area contributed by atoms with Crippen LogP contribution in [0, 0.1) is 0 Å². The Balaban J connectivity index is 1.55. The Bertz CT molecular complexity index is 1040. The number of hydrogen-bond acceptors (Lipinski definition) is 5. The topological polar surface area (TPSA) is 71.2 Å². The molecule has 3 aromatic rings. The Hall–Kier alpha value is -2.31. The lowest BCUT2D eigenvalue weighted by Gasteiger charge is -2.41. The number of carbonyl (C=O) groups excluding carboxylic acids is 1. The van der Waals surface area contributed by atoms with E-state index in [1.165, 1.54) is 17.0 Å². The van der Waals surface area contributed by atoms with E-state index in [4.69, 9.17) is 22.3 Å². The fourth-order valence-corrected chi connectivity index (χ4v) is 5.08. The van der Waals surface area contributed by atoms with E-state index in [0.29, 0.717) is 27.2 Å². The first-order valence-corrected chi connectivity index (χ1v) is 9.84. The molecule has 0 aliphatic carbocycles. The zero-order valence-corrected chi connectivity index (χ0v) is 15.5. The van der Waals surface area contributed by atoms with Crippen LogP contribution in [0.5, 0.6) is 0 Å². The summed E-state index contributed by atoms with van der Waals surface area (Å²) in [5.41, 5.74) is 9.82. The zero-order chi connectivity index (χ0) is 17.8. The number of fused-ring (bicyclic) bond motifs is 3. The SMILES string of the molecule is Nc1c(C(=O)Nc2cccc(Cl)c2)sc2nc3c(cc12)N1CCC3CC1. The quantitative estimate of drug-likeness (QED) is 0.683. The molecule has 1 aromatic carbocycles. The fraction of sp³-hybridized carbons (Fsp3) is 0.263. The van der Waals surface area contributed by atoms with Gasteiger partial charge < -0.3 is 16.0 Å². The van der Waals surface area contributed by atoms with E-state index in [-0.39, 0.29) is 5.91 Å². The number of pyridine rings is 1. The van der Waals surface area contributed by atoms with Crippen molar-refractivity contribution < 1.29 is 4.79 Å². The van der Waals surface area contributed by atoms with Gasteiger partial charge in [0, 0.05) is 35.1 Å². The number of amides is 1. The molecule has 1 saturated heterocycles. The maximum atomic E-state index is 12.7. The fourth-order valence-electron chi connectivity index (χ4n) is 3.91. The van der Waals surface area contributed by atoms with Gasteiger partial charge >= 0.3 is 0 Å². The van der Waals surface area contributed by atoms with Crippen LogP contribution in [-0.4, -0.2) is 24.0 Å². The zero-order valence-electron chi connectivity index (χ0n) is 14.0. The Labute approximate surface area is 159 Å². The number of benzene rings is 1. The first-order chi connectivity index (χ1) is 12.6. The van der Waals surface area contributed by atoms with Crippen molar-refractivity contribution in [1.29, 1.82) is 0 Å². The lowest BCUT2D eigenvalue weighted by atomic mass is 9.86. The predicted octanol–water partition coefficient (Wildman–Crippen LogP) is 4.48. The minimum Gasteiger partial charge on any atom is -0.397 e. The van der Waals surface area contributed by atoms with Crippen LogP contribution in [0.4, 0.5) is 17.1 Å². The van der Waals surface area contributed by atoms with Gasteiger partial charge in [0.05, 0.1) is 17.1 Å². The molecule has 132 valence electrons. The molecule has 3 aliphatic heterocycles. The molecule has 0 atom stereocenters. The van der Waals surface area contributed by atoms with Gasteiger partial charge in [-0.1, -0.05) is 17.7 Å². The van der Waals surface area contributed by atoms with Gasteiger partial charge in [-0.3, -0.25) is 4.79 Å². The number of hydrogen-bond donors (Lipinski definition) is 2. The highest BCUT2D eigenvalue weighted by Crippen LogP contribution is 2.45. The Morgan fingerprint density at radius 2 is 2.12 bits per heavy atom. The van der Waals surface area contributed by atoms with Crippen LogP contribution in [0.15, 0.2) is 30.3 Å². The van der Waals surface area contributed by atoms with Gasteiger partial charge in [0.15, 0.2) is 0 Å². The van der Waals surface area contributed by atoms with Crippen LogP contribution in [-0.2, 0) is 0 Å². The highest BCUT2D eigenvalue weighted by atomic mass is 35.5. The summed E-state index contributed by atoms with van der Waals surface area (Å²) in [5, 5.41) is 4.32. The molecule has 5 nitrogen and oxygen atoms in total. The number of carbonyl (C=O) groups is 1. The molecule has 2 aromatic heterocycles. The summed E-state index contributed by atoms with van der Waals surface area (Å²) in [7, 11) is 0. The van der Waals surface area contributed by atoms with Gasteiger partial charge in [-0.15, -0.1) is 11.3 Å². The maximum absolute atomic E-state index is 12.7. The average molecular weight is 385 g/mol. The maximum Gasteiger partial charge on any atom is 0.267 e. The number of thiophene rings is 1. The van der Waals surface area contributed by atoms with Gasteiger partial charge in [0.1, 0.15) is 9.71 Å². The van der Waals surface area contributed by atoms with Crippen LogP contribution in [0.3, 0.4) is 0 Å². The summed E-state index contributed by atoms with van der Waals surface area (Å²) in [6.45, 7) is 2.16. The molecule has 0 radical (unpaired) electrons. The second-order valence-corrected chi connectivity index (χ2v) is 8.25. The van der Waals surface area contributed by atoms with E-state index >= 15 is 0 Å². The van der Waals surface area contributed by atoms with Crippen molar-refractivity contribution in [3.63, 3.8) is 0 Å². The molecule has 0 spiro atoms. The Kier molecular flexibility index (Phi) is 3.58. The number of halogens is 1. The summed E-state index contributed by atoms with van der Waals surface area (Å²) in [6.07, 6.45) is 2.32. The highest BCUT2D eigenvalue weighted by Gasteiger charge is 2.33. The molecule has 3 N–H and O–H groups in total. The number of aromatic nitrogens is 1. The van der Waals surface area contributed by atoms with Crippen LogP contribution < -0.4 is 16.0 Å². The summed E-state index contributed by atoms with van der Waals surface area (Å²) < 4.78 is 0. The second kappa shape index (κ2) is 5.86. The molecule has 1 fully saturated rings. The minimum absolute atomic E-state index is 0.228. The smallest absolute Gasteiger partial charge is 0.267 e. The van der Waals surface area contributed by atoms with Crippen molar-refractivity contribution in [2.75, 3.05) is 29.0 Å². The third-order valence-electron chi connectivity index (χ3n) is 5.24. The van der Waals surface area contributed by atoms with Gasteiger partial charge in [-0.2, -0.15) is 0 Å². The predicted molar refractivity (Wildman–Crippen MR) is 108 cm³/mol. The van der Waals surface area contributed by atoms with E-state index in [1.807, 2.05) is 0 Å². The van der Waals surface area contributed by atoms with Crippen molar-refractivity contribution >= 4 is 56.1 Å². The number of nitrogens with one attached hydrogen (secondary N) is 1. The van der Waals surface area contributed by atoms with E-state index < -0.39 is 0 Å². The van der Waals surface area contributed by atoms with E-state index in [9.17, 15) is 4.79 Å². The van der Waals surface area contributed by atoms with E-state index in [1.54, 1.807) is 24.3 Å². The van der Waals surface area contributed by atoms with Gasteiger partial charge in [0.2, 0.25) is 0 Å². The van der Waals surface area contributed by atoms with Crippen LogP contribution >= 0.6 is 22.9 Å². The molecule has 0 saturated carbocycles. The first kappa shape index (κ1) is 15.9. The number of nitrogens with zero attached hydrogens (tertiary/aromatic N) is 2. The summed E-state index contributed by atoms with van der Waals surface area (Å²) in [5.74, 6) is 0.306.